The molecule has 12 heteroatoms. The second-order valence-electron chi connectivity index (χ2n) is 7.03. The van der Waals surface area contributed by atoms with Gasteiger partial charge in [-0.05, 0) is 54.4 Å². The topological polar surface area (TPSA) is 92.8 Å². The lowest BCUT2D eigenvalue weighted by Crippen LogP contribution is -2.42. The van der Waals surface area contributed by atoms with Gasteiger partial charge in [-0.2, -0.15) is 13.2 Å². The smallest absolute Gasteiger partial charge is 0.416 e. The van der Waals surface area contributed by atoms with Crippen molar-refractivity contribution in [2.75, 3.05) is 20.2 Å². The Kier molecular flexibility index (Phi) is 6.44. The van der Waals surface area contributed by atoms with Crippen LogP contribution in [0.2, 0.25) is 0 Å². The van der Waals surface area contributed by atoms with Crippen LogP contribution < -0.4 is 10.1 Å². The van der Waals surface area contributed by atoms with Gasteiger partial charge in [0.15, 0.2) is 0 Å². The number of methoxy groups -OCH3 is 1. The van der Waals surface area contributed by atoms with Crippen LogP contribution in [0.1, 0.15) is 11.1 Å². The summed E-state index contributed by atoms with van der Waals surface area (Å²) < 4.78 is 83.5. The summed E-state index contributed by atoms with van der Waals surface area (Å²) in [7, 11) is -3.29. The summed E-state index contributed by atoms with van der Waals surface area (Å²) in [6.45, 7) is -1.05. The van der Waals surface area contributed by atoms with E-state index in [1.165, 1.54) is 13.2 Å². The fourth-order valence-electron chi connectivity index (χ4n) is 3.27. The molecule has 1 saturated heterocycles. The molecule has 3 rings (SSSR count). The quantitative estimate of drug-likeness (QED) is 0.672. The van der Waals surface area contributed by atoms with Crippen molar-refractivity contribution in [1.82, 2.24) is 9.62 Å². The van der Waals surface area contributed by atoms with Crippen LogP contribution in [0.5, 0.6) is 5.75 Å². The van der Waals surface area contributed by atoms with E-state index in [9.17, 15) is 35.6 Å². The summed E-state index contributed by atoms with van der Waals surface area (Å²) >= 11 is 0. The first kappa shape index (κ1) is 23.5. The number of carbonyl (C=O) groups excluding carboxylic acids is 2. The number of rotatable bonds is 5. The minimum atomic E-state index is -4.67. The molecule has 1 unspecified atom stereocenters. The molecule has 172 valence electrons. The number of ether oxygens (including phenoxy) is 1. The average molecular weight is 474 g/mol. The molecule has 1 aliphatic heterocycles. The van der Waals surface area contributed by atoms with Crippen molar-refractivity contribution in [1.29, 1.82) is 0 Å². The third-order valence-corrected chi connectivity index (χ3v) is 6.66. The van der Waals surface area contributed by atoms with Gasteiger partial charge in [0.1, 0.15) is 18.1 Å². The Hall–Kier alpha value is -3.15. The van der Waals surface area contributed by atoms with Crippen molar-refractivity contribution >= 4 is 21.8 Å². The number of sulfonamides is 1. The Morgan fingerprint density at radius 2 is 1.78 bits per heavy atom. The molecule has 7 nitrogen and oxygen atoms in total. The zero-order valence-electron chi connectivity index (χ0n) is 16.6. The van der Waals surface area contributed by atoms with E-state index in [1.807, 2.05) is 0 Å². The molecule has 0 bridgehead atoms. The molecule has 1 heterocycles. The molecule has 1 aliphatic rings. The van der Waals surface area contributed by atoms with Crippen LogP contribution in [0, 0.1) is 11.7 Å². The number of halogens is 4. The molecule has 0 aliphatic carbocycles. The number of hydrogen-bond donors (Lipinski definition) is 1. The van der Waals surface area contributed by atoms with E-state index in [0.717, 1.165) is 24.3 Å². The van der Waals surface area contributed by atoms with Gasteiger partial charge in [0.2, 0.25) is 11.8 Å². The van der Waals surface area contributed by atoms with E-state index < -0.39 is 56.8 Å². The number of nitrogens with one attached hydrogen (secondary N) is 1. The highest BCUT2D eigenvalue weighted by Gasteiger charge is 2.39. The van der Waals surface area contributed by atoms with Gasteiger partial charge in [-0.25, -0.2) is 17.1 Å². The highest BCUT2D eigenvalue weighted by atomic mass is 32.2. The predicted molar refractivity (Wildman–Crippen MR) is 103 cm³/mol. The van der Waals surface area contributed by atoms with Crippen molar-refractivity contribution in [2.45, 2.75) is 17.5 Å². The van der Waals surface area contributed by atoms with Gasteiger partial charge in [-0.15, -0.1) is 0 Å². The fourth-order valence-corrected chi connectivity index (χ4v) is 4.68. The van der Waals surface area contributed by atoms with E-state index in [2.05, 4.69) is 5.32 Å². The second-order valence-corrected chi connectivity index (χ2v) is 8.90. The van der Waals surface area contributed by atoms with Crippen LogP contribution >= 0.6 is 0 Å². The number of nitrogens with zero attached hydrogens (tertiary/aromatic N) is 1. The van der Waals surface area contributed by atoms with Crippen molar-refractivity contribution < 1.29 is 40.3 Å². The normalized spacial score (nSPS) is 17.7. The summed E-state index contributed by atoms with van der Waals surface area (Å²) in [5, 5.41) is 2.43. The molecule has 0 aromatic heterocycles. The van der Waals surface area contributed by atoms with Crippen LogP contribution in [0.4, 0.5) is 17.6 Å². The Labute approximate surface area is 181 Å². The van der Waals surface area contributed by atoms with Gasteiger partial charge in [0, 0.05) is 6.54 Å². The average Bonchev–Trinajstić information content (AvgIpc) is 2.87. The van der Waals surface area contributed by atoms with Crippen molar-refractivity contribution in [3.8, 4) is 5.75 Å². The van der Waals surface area contributed by atoms with Crippen molar-refractivity contribution in [3.63, 3.8) is 0 Å². The lowest BCUT2D eigenvalue weighted by Gasteiger charge is -2.23. The molecule has 1 atom stereocenters. The molecule has 0 radical (unpaired) electrons. The maximum absolute atomic E-state index is 13.7. The largest absolute Gasteiger partial charge is 0.496 e. The minimum Gasteiger partial charge on any atom is -0.496 e. The summed E-state index contributed by atoms with van der Waals surface area (Å²) in [5.41, 5.74) is -0.777. The van der Waals surface area contributed by atoms with E-state index in [0.29, 0.717) is 16.4 Å². The number of benzene rings is 2. The maximum atomic E-state index is 13.7. The number of amides is 2. The summed E-state index contributed by atoms with van der Waals surface area (Å²) in [6.07, 6.45) is -4.81. The standard InChI is InChI=1S/C20H18F4N2O5S/c1-31-17-7-4-15(21)9-12(17)8-13-10-25-18(27)11-26(19(13)28)32(29,30)16-5-2-14(3-6-16)20(22,23)24/h2-7,9,13H,8,10-11H2,1H3,(H,25,27). The third-order valence-electron chi connectivity index (χ3n) is 4.91. The first-order chi connectivity index (χ1) is 14.9. The van der Waals surface area contributed by atoms with Crippen molar-refractivity contribution in [3.05, 3.63) is 59.4 Å². The molecule has 2 aromatic rings. The molecular formula is C20H18F4N2O5S. The van der Waals surface area contributed by atoms with Gasteiger partial charge in [-0.1, -0.05) is 0 Å². The number of alkyl halides is 3. The molecule has 1 N–H and O–H groups in total. The van der Waals surface area contributed by atoms with E-state index in [1.54, 1.807) is 0 Å². The number of carbonyl (C=O) groups is 2. The lowest BCUT2D eigenvalue weighted by atomic mass is 9.97. The molecular weight excluding hydrogens is 456 g/mol. The Morgan fingerprint density at radius 3 is 2.38 bits per heavy atom. The predicted octanol–water partition coefficient (Wildman–Crippen LogP) is 2.36. The zero-order valence-corrected chi connectivity index (χ0v) is 17.5. The van der Waals surface area contributed by atoms with E-state index >= 15 is 0 Å². The van der Waals surface area contributed by atoms with Crippen LogP contribution in [0.25, 0.3) is 0 Å². The van der Waals surface area contributed by atoms with E-state index in [-0.39, 0.29) is 24.3 Å². The lowest BCUT2D eigenvalue weighted by molar-refractivity contribution is -0.137. The second kappa shape index (κ2) is 8.77. The molecule has 0 saturated carbocycles. The molecule has 2 amide bonds. The van der Waals surface area contributed by atoms with Gasteiger partial charge in [0.05, 0.1) is 23.5 Å². The molecule has 0 spiro atoms. The zero-order chi connectivity index (χ0) is 23.7. The Balaban J connectivity index is 1.94. The monoisotopic (exact) mass is 474 g/mol. The number of hydrogen-bond acceptors (Lipinski definition) is 5. The van der Waals surface area contributed by atoms with Crippen LogP contribution in [-0.4, -0.2) is 44.7 Å². The van der Waals surface area contributed by atoms with Crippen LogP contribution in [0.15, 0.2) is 47.4 Å². The summed E-state index contributed by atoms with van der Waals surface area (Å²) in [6, 6.07) is 6.22. The highest BCUT2D eigenvalue weighted by Crippen LogP contribution is 2.31. The van der Waals surface area contributed by atoms with Gasteiger partial charge in [0.25, 0.3) is 10.0 Å². The first-order valence-corrected chi connectivity index (χ1v) is 10.7. The Bertz CT molecular complexity index is 1130. The van der Waals surface area contributed by atoms with Crippen LogP contribution in [0.3, 0.4) is 0 Å². The minimum absolute atomic E-state index is 0.140. The van der Waals surface area contributed by atoms with Gasteiger partial charge >= 0.3 is 6.18 Å². The SMILES string of the molecule is COc1ccc(F)cc1CC1CNC(=O)CN(S(=O)(=O)c2ccc(C(F)(F)F)cc2)C1=O. The highest BCUT2D eigenvalue weighted by molar-refractivity contribution is 7.89. The van der Waals surface area contributed by atoms with Gasteiger partial charge in [-0.3, -0.25) is 9.59 Å². The third kappa shape index (κ3) is 4.85. The molecule has 2 aromatic carbocycles. The van der Waals surface area contributed by atoms with E-state index in [4.69, 9.17) is 4.74 Å². The Morgan fingerprint density at radius 1 is 1.12 bits per heavy atom. The van der Waals surface area contributed by atoms with Gasteiger partial charge < -0.3 is 10.1 Å². The summed E-state index contributed by atoms with van der Waals surface area (Å²) in [5.74, 6) is -3.12. The summed E-state index contributed by atoms with van der Waals surface area (Å²) in [4.78, 5) is 24.6. The maximum Gasteiger partial charge on any atom is 0.416 e. The van der Waals surface area contributed by atoms with Crippen LogP contribution in [-0.2, 0) is 32.2 Å². The molecule has 1 fully saturated rings. The molecule has 32 heavy (non-hydrogen) atoms. The first-order valence-electron chi connectivity index (χ1n) is 9.26. The fraction of sp³-hybridized carbons (Fsp3) is 0.300. The van der Waals surface area contributed by atoms with Crippen molar-refractivity contribution in [2.24, 2.45) is 5.92 Å².